The van der Waals surface area contributed by atoms with Crippen molar-refractivity contribution in [3.63, 3.8) is 0 Å². The number of H-pyrrole nitrogens is 1. The number of nitrogens with one attached hydrogen (secondary N) is 2. The fraction of sp³-hybridized carbons (Fsp3) is 0.450. The quantitative estimate of drug-likeness (QED) is 0.679. The molecule has 0 radical (unpaired) electrons. The minimum atomic E-state index is 0.114. The molecular weight excluding hydrogens is 312 g/mol. The van der Waals surface area contributed by atoms with E-state index < -0.39 is 0 Å². The molecule has 1 aliphatic rings. The molecule has 0 unspecified atom stereocenters. The first kappa shape index (κ1) is 16.4. The Morgan fingerprint density at radius 1 is 1.40 bits per heavy atom. The lowest BCUT2D eigenvalue weighted by atomic mass is 10.0. The van der Waals surface area contributed by atoms with Gasteiger partial charge in [-0.1, -0.05) is 18.2 Å². The number of aromatic amines is 1. The summed E-state index contributed by atoms with van der Waals surface area (Å²) in [5.41, 5.74) is 3.95. The number of rotatable bonds is 6. The minimum Gasteiger partial charge on any atom is -0.370 e. The first-order valence-electron chi connectivity index (χ1n) is 9.09. The van der Waals surface area contributed by atoms with E-state index in [0.717, 1.165) is 38.4 Å². The first-order chi connectivity index (χ1) is 12.2. The molecular formula is C20H26N4O. The minimum absolute atomic E-state index is 0.114. The lowest BCUT2D eigenvalue weighted by Crippen LogP contribution is -2.27. The average molecular weight is 338 g/mol. The van der Waals surface area contributed by atoms with E-state index in [0.29, 0.717) is 5.92 Å². The molecule has 5 heteroatoms. The summed E-state index contributed by atoms with van der Waals surface area (Å²) >= 11 is 0. The van der Waals surface area contributed by atoms with Crippen molar-refractivity contribution in [2.75, 3.05) is 19.7 Å². The molecule has 1 aliphatic heterocycles. The SMILES string of the molecule is Cc1cccc2c(CCNC[C@@H]3CCO[C@H]3c3nccn3C)c[nH]c12. The highest BCUT2D eigenvalue weighted by Crippen LogP contribution is 2.32. The highest BCUT2D eigenvalue weighted by molar-refractivity contribution is 5.85. The van der Waals surface area contributed by atoms with Gasteiger partial charge in [-0.2, -0.15) is 0 Å². The van der Waals surface area contributed by atoms with E-state index in [1.165, 1.54) is 22.0 Å². The van der Waals surface area contributed by atoms with Crippen LogP contribution in [-0.2, 0) is 18.2 Å². The number of ether oxygens (including phenoxy) is 1. The van der Waals surface area contributed by atoms with Crippen LogP contribution in [0.4, 0.5) is 0 Å². The van der Waals surface area contributed by atoms with E-state index in [4.69, 9.17) is 4.74 Å². The predicted octanol–water partition coefficient (Wildman–Crippen LogP) is 3.12. The first-order valence-corrected chi connectivity index (χ1v) is 9.09. The zero-order chi connectivity index (χ0) is 17.2. The molecule has 5 nitrogen and oxygen atoms in total. The predicted molar refractivity (Wildman–Crippen MR) is 99.6 cm³/mol. The second-order valence-electron chi connectivity index (χ2n) is 7.00. The van der Waals surface area contributed by atoms with Gasteiger partial charge in [0.2, 0.25) is 0 Å². The third kappa shape index (κ3) is 3.22. The molecule has 2 aromatic heterocycles. The summed E-state index contributed by atoms with van der Waals surface area (Å²) in [6.07, 6.45) is 8.22. The van der Waals surface area contributed by atoms with Crippen molar-refractivity contribution >= 4 is 10.9 Å². The van der Waals surface area contributed by atoms with E-state index in [1.807, 2.05) is 19.4 Å². The summed E-state index contributed by atoms with van der Waals surface area (Å²) in [6, 6.07) is 6.49. The van der Waals surface area contributed by atoms with Crippen molar-refractivity contribution in [3.8, 4) is 0 Å². The van der Waals surface area contributed by atoms with Crippen molar-refractivity contribution in [2.45, 2.75) is 25.9 Å². The molecule has 1 aromatic carbocycles. The van der Waals surface area contributed by atoms with Crippen LogP contribution in [0, 0.1) is 12.8 Å². The molecule has 4 rings (SSSR count). The van der Waals surface area contributed by atoms with E-state index in [1.54, 1.807) is 0 Å². The molecule has 132 valence electrons. The highest BCUT2D eigenvalue weighted by atomic mass is 16.5. The molecule has 1 saturated heterocycles. The average Bonchev–Trinajstić information content (AvgIpc) is 3.32. The van der Waals surface area contributed by atoms with Gasteiger partial charge in [-0.05, 0) is 37.4 Å². The van der Waals surface area contributed by atoms with Crippen LogP contribution in [-0.4, -0.2) is 34.2 Å². The smallest absolute Gasteiger partial charge is 0.137 e. The fourth-order valence-corrected chi connectivity index (χ4v) is 3.86. The van der Waals surface area contributed by atoms with E-state index in [-0.39, 0.29) is 6.10 Å². The number of imidazole rings is 1. The van der Waals surface area contributed by atoms with Gasteiger partial charge in [-0.15, -0.1) is 0 Å². The van der Waals surface area contributed by atoms with Crippen LogP contribution in [0.1, 0.15) is 29.5 Å². The number of hydrogen-bond acceptors (Lipinski definition) is 3. The Hall–Kier alpha value is -2.11. The summed E-state index contributed by atoms with van der Waals surface area (Å²) in [5, 5.41) is 4.97. The van der Waals surface area contributed by atoms with E-state index >= 15 is 0 Å². The van der Waals surface area contributed by atoms with E-state index in [9.17, 15) is 0 Å². The fourth-order valence-electron chi connectivity index (χ4n) is 3.86. The van der Waals surface area contributed by atoms with Gasteiger partial charge in [0.05, 0.1) is 0 Å². The van der Waals surface area contributed by atoms with Crippen LogP contribution in [0.5, 0.6) is 0 Å². The molecule has 0 saturated carbocycles. The molecule has 3 aromatic rings. The number of hydrogen-bond donors (Lipinski definition) is 2. The van der Waals surface area contributed by atoms with Crippen molar-refractivity contribution in [1.29, 1.82) is 0 Å². The third-order valence-corrected chi connectivity index (χ3v) is 5.31. The highest BCUT2D eigenvalue weighted by Gasteiger charge is 2.31. The van der Waals surface area contributed by atoms with Crippen molar-refractivity contribution in [1.82, 2.24) is 19.9 Å². The van der Waals surface area contributed by atoms with Gasteiger partial charge in [-0.25, -0.2) is 4.98 Å². The van der Waals surface area contributed by atoms with Crippen LogP contribution >= 0.6 is 0 Å². The van der Waals surface area contributed by atoms with Gasteiger partial charge < -0.3 is 19.6 Å². The Morgan fingerprint density at radius 3 is 3.16 bits per heavy atom. The maximum atomic E-state index is 5.94. The Labute approximate surface area is 148 Å². The topological polar surface area (TPSA) is 54.9 Å². The molecule has 0 bridgehead atoms. The lowest BCUT2D eigenvalue weighted by molar-refractivity contribution is 0.0812. The maximum absolute atomic E-state index is 5.94. The molecule has 3 heterocycles. The molecule has 2 atom stereocenters. The zero-order valence-corrected chi connectivity index (χ0v) is 15.0. The van der Waals surface area contributed by atoms with Crippen LogP contribution in [0.2, 0.25) is 0 Å². The van der Waals surface area contributed by atoms with Crippen molar-refractivity contribution < 1.29 is 4.74 Å². The van der Waals surface area contributed by atoms with Gasteiger partial charge in [0.25, 0.3) is 0 Å². The second-order valence-corrected chi connectivity index (χ2v) is 7.00. The maximum Gasteiger partial charge on any atom is 0.137 e. The third-order valence-electron chi connectivity index (χ3n) is 5.31. The lowest BCUT2D eigenvalue weighted by Gasteiger charge is -2.18. The summed E-state index contributed by atoms with van der Waals surface area (Å²) < 4.78 is 8.00. The number of aryl methyl sites for hydroxylation is 2. The van der Waals surface area contributed by atoms with Gasteiger partial charge in [0.1, 0.15) is 11.9 Å². The monoisotopic (exact) mass is 338 g/mol. The van der Waals surface area contributed by atoms with Gasteiger partial charge >= 0.3 is 0 Å². The summed E-state index contributed by atoms with van der Waals surface area (Å²) in [6.45, 7) is 4.92. The second kappa shape index (κ2) is 7.02. The molecule has 2 N–H and O–H groups in total. The molecule has 25 heavy (non-hydrogen) atoms. The Kier molecular flexibility index (Phi) is 4.59. The molecule has 0 amide bonds. The van der Waals surface area contributed by atoms with Gasteiger partial charge in [0.15, 0.2) is 0 Å². The Bertz CT molecular complexity index is 850. The van der Waals surface area contributed by atoms with Gasteiger partial charge in [0, 0.05) is 55.6 Å². The molecule has 0 aliphatic carbocycles. The van der Waals surface area contributed by atoms with Crippen molar-refractivity contribution in [2.24, 2.45) is 13.0 Å². The number of nitrogens with zero attached hydrogens (tertiary/aromatic N) is 2. The van der Waals surface area contributed by atoms with Crippen LogP contribution in [0.25, 0.3) is 10.9 Å². The molecule has 1 fully saturated rings. The summed E-state index contributed by atoms with van der Waals surface area (Å²) in [5.74, 6) is 1.53. The number of fused-ring (bicyclic) bond motifs is 1. The van der Waals surface area contributed by atoms with Crippen molar-refractivity contribution in [3.05, 3.63) is 53.7 Å². The normalized spacial score (nSPS) is 20.6. The van der Waals surface area contributed by atoms with Crippen LogP contribution in [0.15, 0.2) is 36.8 Å². The van der Waals surface area contributed by atoms with Crippen LogP contribution in [0.3, 0.4) is 0 Å². The van der Waals surface area contributed by atoms with Gasteiger partial charge in [-0.3, -0.25) is 0 Å². The standard InChI is InChI=1S/C20H26N4O/c1-14-4-3-5-17-15(13-23-18(14)17)6-8-21-12-16-7-11-25-19(16)20-22-9-10-24(20)2/h3-5,9-10,13,16,19,21,23H,6-8,11-12H2,1-2H3/t16-,19+/m0/s1. The summed E-state index contributed by atoms with van der Waals surface area (Å²) in [7, 11) is 2.04. The molecule has 0 spiro atoms. The number of para-hydroxylation sites is 1. The summed E-state index contributed by atoms with van der Waals surface area (Å²) in [4.78, 5) is 7.88. The zero-order valence-electron chi connectivity index (χ0n) is 15.0. The van der Waals surface area contributed by atoms with E-state index in [2.05, 4.69) is 51.2 Å². The Morgan fingerprint density at radius 2 is 2.32 bits per heavy atom. The number of aromatic nitrogens is 3. The Balaban J connectivity index is 1.33. The van der Waals surface area contributed by atoms with Crippen LogP contribution < -0.4 is 5.32 Å². The number of benzene rings is 1. The largest absolute Gasteiger partial charge is 0.370 e.